The molecule has 0 spiro atoms. The molecule has 1 heterocycles. The summed E-state index contributed by atoms with van der Waals surface area (Å²) in [5.74, 6) is 0.541. The number of halogens is 2. The third-order valence-corrected chi connectivity index (χ3v) is 4.33. The highest BCUT2D eigenvalue weighted by Crippen LogP contribution is 2.25. The van der Waals surface area contributed by atoms with Gasteiger partial charge in [0.05, 0.1) is 0 Å². The van der Waals surface area contributed by atoms with E-state index in [1.165, 1.54) is 18.9 Å². The van der Waals surface area contributed by atoms with Gasteiger partial charge in [-0.25, -0.2) is 4.39 Å². The summed E-state index contributed by atoms with van der Waals surface area (Å²) in [6.07, 6.45) is 2.45. The lowest BCUT2D eigenvalue weighted by Crippen LogP contribution is -2.31. The Morgan fingerprint density at radius 3 is 3.06 bits per heavy atom. The SMILES string of the molecule is Fc1cc(Cl)ccc1CSC1CCCNC1. The van der Waals surface area contributed by atoms with E-state index in [4.69, 9.17) is 11.6 Å². The van der Waals surface area contributed by atoms with Crippen LogP contribution in [0.3, 0.4) is 0 Å². The lowest BCUT2D eigenvalue weighted by Gasteiger charge is -2.22. The number of nitrogens with one attached hydrogen (secondary N) is 1. The molecule has 0 aromatic heterocycles. The van der Waals surface area contributed by atoms with Crippen molar-refractivity contribution in [2.45, 2.75) is 23.8 Å². The highest BCUT2D eigenvalue weighted by molar-refractivity contribution is 7.99. The van der Waals surface area contributed by atoms with Crippen LogP contribution in [0.15, 0.2) is 18.2 Å². The quantitative estimate of drug-likeness (QED) is 0.892. The van der Waals surface area contributed by atoms with Gasteiger partial charge >= 0.3 is 0 Å². The van der Waals surface area contributed by atoms with Crippen LogP contribution < -0.4 is 5.32 Å². The van der Waals surface area contributed by atoms with E-state index in [-0.39, 0.29) is 5.82 Å². The van der Waals surface area contributed by atoms with Crippen molar-refractivity contribution in [2.75, 3.05) is 13.1 Å². The molecule has 1 fully saturated rings. The Bertz CT molecular complexity index is 353. The number of thioether (sulfide) groups is 1. The summed E-state index contributed by atoms with van der Waals surface area (Å²) in [6.45, 7) is 2.16. The number of hydrogen-bond donors (Lipinski definition) is 1. The Labute approximate surface area is 105 Å². The highest BCUT2D eigenvalue weighted by atomic mass is 35.5. The van der Waals surface area contributed by atoms with Crippen molar-refractivity contribution in [1.82, 2.24) is 5.32 Å². The second-order valence-corrected chi connectivity index (χ2v) is 5.74. The molecular formula is C12H15ClFNS. The molecular weight excluding hydrogens is 245 g/mol. The Morgan fingerprint density at radius 2 is 2.38 bits per heavy atom. The summed E-state index contributed by atoms with van der Waals surface area (Å²) in [5, 5.41) is 4.44. The lowest BCUT2D eigenvalue weighted by molar-refractivity contribution is 0.531. The molecule has 1 aliphatic rings. The zero-order chi connectivity index (χ0) is 11.4. The van der Waals surface area contributed by atoms with Crippen molar-refractivity contribution < 1.29 is 4.39 Å². The normalized spacial score (nSPS) is 21.0. The Kier molecular flexibility index (Phi) is 4.50. The molecule has 4 heteroatoms. The standard InChI is InChI=1S/C12H15ClFNS/c13-10-4-3-9(12(14)6-10)8-16-11-2-1-5-15-7-11/h3-4,6,11,15H,1-2,5,7-8H2. The van der Waals surface area contributed by atoms with Crippen molar-refractivity contribution in [3.63, 3.8) is 0 Å². The zero-order valence-electron chi connectivity index (χ0n) is 9.01. The van der Waals surface area contributed by atoms with E-state index in [0.29, 0.717) is 10.3 Å². The first kappa shape index (κ1) is 12.2. The fraction of sp³-hybridized carbons (Fsp3) is 0.500. The second kappa shape index (κ2) is 5.89. The monoisotopic (exact) mass is 259 g/mol. The first-order valence-corrected chi connectivity index (χ1v) is 6.94. The van der Waals surface area contributed by atoms with Crippen molar-refractivity contribution in [2.24, 2.45) is 0 Å². The van der Waals surface area contributed by atoms with Gasteiger partial charge in [0.15, 0.2) is 0 Å². The van der Waals surface area contributed by atoms with Crippen molar-refractivity contribution in [3.8, 4) is 0 Å². The van der Waals surface area contributed by atoms with E-state index in [0.717, 1.165) is 24.4 Å². The summed E-state index contributed by atoms with van der Waals surface area (Å²) < 4.78 is 13.5. The molecule has 1 aliphatic heterocycles. The van der Waals surface area contributed by atoms with Crippen molar-refractivity contribution in [1.29, 1.82) is 0 Å². The van der Waals surface area contributed by atoms with Crippen LogP contribution in [0, 0.1) is 5.82 Å². The molecule has 1 N–H and O–H groups in total. The van der Waals surface area contributed by atoms with Crippen LogP contribution in [-0.4, -0.2) is 18.3 Å². The number of rotatable bonds is 3. The Hall–Kier alpha value is -0.250. The number of hydrogen-bond acceptors (Lipinski definition) is 2. The fourth-order valence-electron chi connectivity index (χ4n) is 1.81. The van der Waals surface area contributed by atoms with Crippen molar-refractivity contribution in [3.05, 3.63) is 34.6 Å². The van der Waals surface area contributed by atoms with Gasteiger partial charge in [-0.1, -0.05) is 17.7 Å². The van der Waals surface area contributed by atoms with Gasteiger partial charge in [0, 0.05) is 22.6 Å². The Morgan fingerprint density at radius 1 is 1.50 bits per heavy atom. The molecule has 1 nitrogen and oxygen atoms in total. The number of benzene rings is 1. The second-order valence-electron chi connectivity index (χ2n) is 4.02. The van der Waals surface area contributed by atoms with Crippen LogP contribution in [0.4, 0.5) is 4.39 Å². The van der Waals surface area contributed by atoms with Gasteiger partial charge in [0.2, 0.25) is 0 Å². The van der Waals surface area contributed by atoms with Gasteiger partial charge in [0.1, 0.15) is 5.82 Å². The van der Waals surface area contributed by atoms with Crippen LogP contribution in [0.5, 0.6) is 0 Å². The Balaban J connectivity index is 1.88. The molecule has 0 radical (unpaired) electrons. The first-order chi connectivity index (χ1) is 7.75. The van der Waals surface area contributed by atoms with Gasteiger partial charge in [-0.2, -0.15) is 11.8 Å². The summed E-state index contributed by atoms with van der Waals surface area (Å²) >= 11 is 7.53. The van der Waals surface area contributed by atoms with Gasteiger partial charge in [0.25, 0.3) is 0 Å². The third-order valence-electron chi connectivity index (χ3n) is 2.74. The van der Waals surface area contributed by atoms with Crippen LogP contribution >= 0.6 is 23.4 Å². The lowest BCUT2D eigenvalue weighted by atomic mass is 10.2. The maximum atomic E-state index is 13.5. The minimum Gasteiger partial charge on any atom is -0.316 e. The van der Waals surface area contributed by atoms with Gasteiger partial charge < -0.3 is 5.32 Å². The molecule has 1 saturated heterocycles. The molecule has 2 rings (SSSR count). The van der Waals surface area contributed by atoms with Crippen molar-refractivity contribution >= 4 is 23.4 Å². The average Bonchev–Trinajstić information content (AvgIpc) is 2.29. The zero-order valence-corrected chi connectivity index (χ0v) is 10.6. The smallest absolute Gasteiger partial charge is 0.128 e. The molecule has 1 unspecified atom stereocenters. The molecule has 0 aliphatic carbocycles. The molecule has 88 valence electrons. The summed E-state index contributed by atoms with van der Waals surface area (Å²) in [4.78, 5) is 0. The van der Waals surface area contributed by atoms with Crippen LogP contribution in [0.1, 0.15) is 18.4 Å². The largest absolute Gasteiger partial charge is 0.316 e. The third kappa shape index (κ3) is 3.37. The minimum atomic E-state index is -0.191. The molecule has 0 saturated carbocycles. The van der Waals surface area contributed by atoms with E-state index in [9.17, 15) is 4.39 Å². The molecule has 0 amide bonds. The first-order valence-electron chi connectivity index (χ1n) is 5.52. The maximum absolute atomic E-state index is 13.5. The van der Waals surface area contributed by atoms with E-state index in [1.54, 1.807) is 12.1 Å². The summed E-state index contributed by atoms with van der Waals surface area (Å²) in [5.41, 5.74) is 0.750. The topological polar surface area (TPSA) is 12.0 Å². The van der Waals surface area contributed by atoms with Gasteiger partial charge in [-0.3, -0.25) is 0 Å². The van der Waals surface area contributed by atoms with Crippen LogP contribution in [-0.2, 0) is 5.75 Å². The molecule has 1 atom stereocenters. The predicted octanol–water partition coefficient (Wildman–Crippen LogP) is 3.46. The van der Waals surface area contributed by atoms with E-state index in [2.05, 4.69) is 5.32 Å². The number of piperidine rings is 1. The highest BCUT2D eigenvalue weighted by Gasteiger charge is 2.14. The predicted molar refractivity (Wildman–Crippen MR) is 68.6 cm³/mol. The molecule has 1 aromatic carbocycles. The van der Waals surface area contributed by atoms with Gasteiger partial charge in [-0.15, -0.1) is 0 Å². The van der Waals surface area contributed by atoms with E-state index in [1.807, 2.05) is 11.8 Å². The minimum absolute atomic E-state index is 0.191. The summed E-state index contributed by atoms with van der Waals surface area (Å²) in [7, 11) is 0. The summed E-state index contributed by atoms with van der Waals surface area (Å²) in [6, 6.07) is 4.91. The molecule has 1 aromatic rings. The van der Waals surface area contributed by atoms with E-state index < -0.39 is 0 Å². The van der Waals surface area contributed by atoms with Gasteiger partial charge in [-0.05, 0) is 37.1 Å². The molecule has 16 heavy (non-hydrogen) atoms. The maximum Gasteiger partial charge on any atom is 0.128 e. The van der Waals surface area contributed by atoms with Crippen LogP contribution in [0.25, 0.3) is 0 Å². The van der Waals surface area contributed by atoms with E-state index >= 15 is 0 Å². The average molecular weight is 260 g/mol. The van der Waals surface area contributed by atoms with Crippen LogP contribution in [0.2, 0.25) is 5.02 Å². The fourth-order valence-corrected chi connectivity index (χ4v) is 3.19. The molecule has 0 bridgehead atoms.